The number of ether oxygens (including phenoxy) is 1. The van der Waals surface area contributed by atoms with E-state index in [1.165, 1.54) is 0 Å². The summed E-state index contributed by atoms with van der Waals surface area (Å²) < 4.78 is 5.18. The number of hydrogen-bond donors (Lipinski definition) is 2. The van der Waals surface area contributed by atoms with Crippen molar-refractivity contribution in [2.75, 3.05) is 7.11 Å². The maximum Gasteiger partial charge on any atom is 0.320 e. The summed E-state index contributed by atoms with van der Waals surface area (Å²) in [6.45, 7) is 0. The van der Waals surface area contributed by atoms with Crippen molar-refractivity contribution in [3.05, 3.63) is 60.3 Å². The molecular formula is C19H19ClN2O3S. The number of methoxy groups -OCH3 is 1. The van der Waals surface area contributed by atoms with E-state index >= 15 is 0 Å². The molecule has 26 heavy (non-hydrogen) atoms. The van der Waals surface area contributed by atoms with Crippen molar-refractivity contribution < 1.29 is 14.6 Å². The van der Waals surface area contributed by atoms with Crippen LogP contribution in [0.2, 0.25) is 0 Å². The fraction of sp³-hybridized carbons (Fsp3) is 0.158. The van der Waals surface area contributed by atoms with Gasteiger partial charge >= 0.3 is 5.97 Å². The second-order valence-electron chi connectivity index (χ2n) is 5.60. The number of carboxylic acids is 1. The SMILES string of the molecule is COc1ccc(-c2cnc(-c3ccc(C[C@H](N)C(=O)O)cc3)s2)cc1.Cl. The van der Waals surface area contributed by atoms with Crippen LogP contribution in [-0.2, 0) is 11.2 Å². The van der Waals surface area contributed by atoms with E-state index in [9.17, 15) is 4.79 Å². The second-order valence-corrected chi connectivity index (χ2v) is 6.63. The molecule has 0 radical (unpaired) electrons. The predicted molar refractivity (Wildman–Crippen MR) is 106 cm³/mol. The second kappa shape index (κ2) is 8.80. The lowest BCUT2D eigenvalue weighted by molar-refractivity contribution is -0.138. The van der Waals surface area contributed by atoms with E-state index in [2.05, 4.69) is 4.98 Å². The Hall–Kier alpha value is -2.41. The molecule has 136 valence electrons. The lowest BCUT2D eigenvalue weighted by Crippen LogP contribution is -2.32. The van der Waals surface area contributed by atoms with Crippen molar-refractivity contribution >= 4 is 29.7 Å². The van der Waals surface area contributed by atoms with Gasteiger partial charge in [0, 0.05) is 11.8 Å². The summed E-state index contributed by atoms with van der Waals surface area (Å²) in [5.41, 5.74) is 8.55. The zero-order valence-corrected chi connectivity index (χ0v) is 15.7. The lowest BCUT2D eigenvalue weighted by atomic mass is 10.1. The summed E-state index contributed by atoms with van der Waals surface area (Å²) in [6, 6.07) is 14.7. The Bertz CT molecular complexity index is 863. The minimum atomic E-state index is -0.992. The zero-order valence-electron chi connectivity index (χ0n) is 14.1. The van der Waals surface area contributed by atoms with E-state index in [4.69, 9.17) is 15.6 Å². The smallest absolute Gasteiger partial charge is 0.320 e. The van der Waals surface area contributed by atoms with Crippen molar-refractivity contribution in [2.24, 2.45) is 5.73 Å². The van der Waals surface area contributed by atoms with Gasteiger partial charge in [0.1, 0.15) is 16.8 Å². The maximum absolute atomic E-state index is 10.8. The van der Waals surface area contributed by atoms with Gasteiger partial charge in [-0.15, -0.1) is 23.7 Å². The number of nitrogens with zero attached hydrogens (tertiary/aromatic N) is 1. The fourth-order valence-electron chi connectivity index (χ4n) is 2.42. The Morgan fingerprint density at radius 1 is 1.15 bits per heavy atom. The number of hydrogen-bond acceptors (Lipinski definition) is 5. The number of carbonyl (C=O) groups is 1. The topological polar surface area (TPSA) is 85.4 Å². The van der Waals surface area contributed by atoms with Gasteiger partial charge in [0.05, 0.1) is 12.0 Å². The molecule has 0 aliphatic carbocycles. The molecule has 1 atom stereocenters. The number of thiazole rings is 1. The fourth-order valence-corrected chi connectivity index (χ4v) is 3.35. The van der Waals surface area contributed by atoms with Crippen LogP contribution >= 0.6 is 23.7 Å². The zero-order chi connectivity index (χ0) is 17.8. The van der Waals surface area contributed by atoms with E-state index in [0.29, 0.717) is 6.42 Å². The molecule has 5 nitrogen and oxygen atoms in total. The molecule has 3 aromatic rings. The molecule has 0 aliphatic heterocycles. The standard InChI is InChI=1S/C19H18N2O3S.ClH/c1-24-15-8-6-13(7-9-15)17-11-21-18(25-17)14-4-2-12(3-5-14)10-16(20)19(22)23;/h2-9,11,16H,10,20H2,1H3,(H,22,23);1H/t16-;/m0./s1. The van der Waals surface area contributed by atoms with E-state index < -0.39 is 12.0 Å². The normalized spacial score (nSPS) is 11.5. The van der Waals surface area contributed by atoms with Gasteiger partial charge in [0.15, 0.2) is 0 Å². The Kier molecular flexibility index (Phi) is 6.74. The van der Waals surface area contributed by atoms with Crippen LogP contribution in [0.3, 0.4) is 0 Å². The van der Waals surface area contributed by atoms with Crippen LogP contribution in [-0.4, -0.2) is 29.2 Å². The summed E-state index contributed by atoms with van der Waals surface area (Å²) >= 11 is 1.61. The highest BCUT2D eigenvalue weighted by molar-refractivity contribution is 7.18. The third-order valence-corrected chi connectivity index (χ3v) is 4.95. The highest BCUT2D eigenvalue weighted by Gasteiger charge is 2.12. The molecule has 0 saturated heterocycles. The van der Waals surface area contributed by atoms with E-state index in [-0.39, 0.29) is 12.4 Å². The largest absolute Gasteiger partial charge is 0.497 e. The van der Waals surface area contributed by atoms with E-state index in [1.54, 1.807) is 18.4 Å². The molecule has 0 aliphatic rings. The third-order valence-electron chi connectivity index (χ3n) is 3.85. The van der Waals surface area contributed by atoms with Crippen LogP contribution in [0, 0.1) is 0 Å². The monoisotopic (exact) mass is 390 g/mol. The molecule has 0 spiro atoms. The first-order valence-electron chi connectivity index (χ1n) is 7.75. The summed E-state index contributed by atoms with van der Waals surface area (Å²) in [4.78, 5) is 16.4. The Morgan fingerprint density at radius 2 is 1.77 bits per heavy atom. The molecule has 0 fully saturated rings. The number of halogens is 1. The predicted octanol–water partition coefficient (Wildman–Crippen LogP) is 3.86. The van der Waals surface area contributed by atoms with Crippen LogP contribution < -0.4 is 10.5 Å². The van der Waals surface area contributed by atoms with Gasteiger partial charge < -0.3 is 15.6 Å². The Morgan fingerprint density at radius 3 is 2.35 bits per heavy atom. The average molecular weight is 391 g/mol. The summed E-state index contributed by atoms with van der Waals surface area (Å²) in [5.74, 6) is -0.170. The minimum Gasteiger partial charge on any atom is -0.497 e. The summed E-state index contributed by atoms with van der Waals surface area (Å²) in [7, 11) is 1.65. The molecule has 3 rings (SSSR count). The first-order chi connectivity index (χ1) is 12.1. The molecule has 0 unspecified atom stereocenters. The number of nitrogens with two attached hydrogens (primary N) is 1. The summed E-state index contributed by atoms with van der Waals surface area (Å²) in [5, 5.41) is 9.80. The van der Waals surface area contributed by atoms with Crippen LogP contribution in [0.4, 0.5) is 0 Å². The lowest BCUT2D eigenvalue weighted by Gasteiger charge is -2.06. The quantitative estimate of drug-likeness (QED) is 0.667. The van der Waals surface area contributed by atoms with Crippen molar-refractivity contribution in [1.29, 1.82) is 0 Å². The van der Waals surface area contributed by atoms with Gasteiger partial charge in [-0.05, 0) is 41.8 Å². The van der Waals surface area contributed by atoms with Crippen LogP contribution in [0.1, 0.15) is 5.56 Å². The van der Waals surface area contributed by atoms with Crippen LogP contribution in [0.5, 0.6) is 5.75 Å². The Labute approximate surface area is 161 Å². The first kappa shape index (κ1) is 19.9. The molecule has 7 heteroatoms. The van der Waals surface area contributed by atoms with Crippen molar-refractivity contribution in [2.45, 2.75) is 12.5 Å². The maximum atomic E-state index is 10.8. The van der Waals surface area contributed by atoms with Crippen LogP contribution in [0.25, 0.3) is 21.0 Å². The number of carboxylic acid groups (broad SMARTS) is 1. The molecule has 0 amide bonds. The molecule has 0 saturated carbocycles. The molecule has 0 bridgehead atoms. The highest BCUT2D eigenvalue weighted by Crippen LogP contribution is 2.32. The van der Waals surface area contributed by atoms with E-state index in [1.807, 2.05) is 54.7 Å². The van der Waals surface area contributed by atoms with Gasteiger partial charge in [-0.25, -0.2) is 4.98 Å². The molecule has 2 aromatic carbocycles. The van der Waals surface area contributed by atoms with Gasteiger partial charge in [-0.3, -0.25) is 4.79 Å². The summed E-state index contributed by atoms with van der Waals surface area (Å²) in [6.07, 6.45) is 2.17. The minimum absolute atomic E-state index is 0. The van der Waals surface area contributed by atoms with Gasteiger partial charge in [0.2, 0.25) is 0 Å². The van der Waals surface area contributed by atoms with Crippen molar-refractivity contribution in [3.63, 3.8) is 0 Å². The van der Waals surface area contributed by atoms with Gasteiger partial charge in [-0.2, -0.15) is 0 Å². The number of aromatic nitrogens is 1. The molecule has 3 N–H and O–H groups in total. The third kappa shape index (κ3) is 4.60. The number of aliphatic carboxylic acids is 1. The number of rotatable bonds is 6. The van der Waals surface area contributed by atoms with Crippen molar-refractivity contribution in [1.82, 2.24) is 4.98 Å². The highest BCUT2D eigenvalue weighted by atomic mass is 35.5. The number of benzene rings is 2. The molecular weight excluding hydrogens is 372 g/mol. The first-order valence-corrected chi connectivity index (χ1v) is 8.56. The molecule has 1 aromatic heterocycles. The van der Waals surface area contributed by atoms with Crippen LogP contribution in [0.15, 0.2) is 54.7 Å². The van der Waals surface area contributed by atoms with Gasteiger partial charge in [0.25, 0.3) is 0 Å². The average Bonchev–Trinajstić information content (AvgIpc) is 3.12. The van der Waals surface area contributed by atoms with Gasteiger partial charge in [-0.1, -0.05) is 24.3 Å². The Balaban J connectivity index is 0.00000243. The van der Waals surface area contributed by atoms with Crippen molar-refractivity contribution in [3.8, 4) is 26.8 Å². The molecule has 1 heterocycles. The van der Waals surface area contributed by atoms with E-state index in [0.717, 1.165) is 32.3 Å².